The molecular formula is C16H24N2O2. The summed E-state index contributed by atoms with van der Waals surface area (Å²) in [5.74, 6) is 0.323. The molecule has 1 aromatic carbocycles. The summed E-state index contributed by atoms with van der Waals surface area (Å²) in [6, 6.07) is 8.58. The Morgan fingerprint density at radius 2 is 2.25 bits per heavy atom. The number of carbonyl (C=O) groups is 1. The van der Waals surface area contributed by atoms with Crippen molar-refractivity contribution in [1.29, 1.82) is 0 Å². The summed E-state index contributed by atoms with van der Waals surface area (Å²) in [6.07, 6.45) is 1.86. The summed E-state index contributed by atoms with van der Waals surface area (Å²) in [6.45, 7) is 4.26. The lowest BCUT2D eigenvalue weighted by Gasteiger charge is -2.27. The Bertz CT molecular complexity index is 448. The molecule has 2 unspecified atom stereocenters. The van der Waals surface area contributed by atoms with Gasteiger partial charge < -0.3 is 15.4 Å². The normalized spacial score (nSPS) is 22.5. The van der Waals surface area contributed by atoms with Crippen molar-refractivity contribution in [3.8, 4) is 0 Å². The van der Waals surface area contributed by atoms with E-state index in [0.29, 0.717) is 19.2 Å². The average molecular weight is 276 g/mol. The third-order valence-electron chi connectivity index (χ3n) is 3.76. The molecule has 1 heterocycles. The zero-order valence-electron chi connectivity index (χ0n) is 12.3. The fraction of sp³-hybridized carbons (Fsp3) is 0.562. The summed E-state index contributed by atoms with van der Waals surface area (Å²) in [5.41, 5.74) is 2.25. The Kier molecular flexibility index (Phi) is 5.56. The lowest BCUT2D eigenvalue weighted by atomic mass is 9.92. The maximum atomic E-state index is 12.2. The molecule has 0 saturated carbocycles. The maximum absolute atomic E-state index is 12.2. The highest BCUT2D eigenvalue weighted by molar-refractivity contribution is 5.78. The molecule has 0 radical (unpaired) electrons. The highest BCUT2D eigenvalue weighted by atomic mass is 16.5. The number of ether oxygens (including phenoxy) is 1. The van der Waals surface area contributed by atoms with Crippen LogP contribution in [0.1, 0.15) is 30.9 Å². The van der Waals surface area contributed by atoms with Crippen LogP contribution in [0.4, 0.5) is 0 Å². The summed E-state index contributed by atoms with van der Waals surface area (Å²) in [7, 11) is 1.69. The molecule has 0 bridgehead atoms. The number of nitrogens with one attached hydrogen (secondary N) is 2. The number of hydrogen-bond acceptors (Lipinski definition) is 3. The van der Waals surface area contributed by atoms with E-state index < -0.39 is 0 Å². The van der Waals surface area contributed by atoms with Crippen molar-refractivity contribution in [2.45, 2.75) is 39.0 Å². The van der Waals surface area contributed by atoms with Gasteiger partial charge in [-0.05, 0) is 37.4 Å². The molecule has 110 valence electrons. The van der Waals surface area contributed by atoms with Gasteiger partial charge in [0, 0.05) is 25.6 Å². The van der Waals surface area contributed by atoms with E-state index in [4.69, 9.17) is 4.74 Å². The van der Waals surface area contributed by atoms with Crippen LogP contribution in [0, 0.1) is 5.92 Å². The summed E-state index contributed by atoms with van der Waals surface area (Å²) in [4.78, 5) is 12.2. The van der Waals surface area contributed by atoms with E-state index in [1.54, 1.807) is 7.11 Å². The van der Waals surface area contributed by atoms with Crippen LogP contribution in [0.3, 0.4) is 0 Å². The molecule has 4 heteroatoms. The van der Waals surface area contributed by atoms with Crippen molar-refractivity contribution < 1.29 is 9.53 Å². The number of hydrogen-bond donors (Lipinski definition) is 2. The van der Waals surface area contributed by atoms with Gasteiger partial charge in [0.1, 0.15) is 0 Å². The largest absolute Gasteiger partial charge is 0.380 e. The minimum absolute atomic E-state index is 0.147. The van der Waals surface area contributed by atoms with Gasteiger partial charge in [0.25, 0.3) is 0 Å². The first-order valence-corrected chi connectivity index (χ1v) is 7.27. The Balaban J connectivity index is 1.85. The smallest absolute Gasteiger partial charge is 0.223 e. The molecule has 2 rings (SSSR count). The molecule has 1 fully saturated rings. The topological polar surface area (TPSA) is 50.4 Å². The predicted octanol–water partition coefficient (Wildman–Crippen LogP) is 1.84. The number of methoxy groups -OCH3 is 1. The monoisotopic (exact) mass is 276 g/mol. The second-order valence-electron chi connectivity index (χ2n) is 5.55. The van der Waals surface area contributed by atoms with Gasteiger partial charge in [-0.3, -0.25) is 4.79 Å². The SMILES string of the molecule is COCc1cccc(CNC(=O)C2CCNC(C)C2)c1. The van der Waals surface area contributed by atoms with Crippen LogP contribution >= 0.6 is 0 Å². The third-order valence-corrected chi connectivity index (χ3v) is 3.76. The van der Waals surface area contributed by atoms with Gasteiger partial charge in [0.2, 0.25) is 5.91 Å². The fourth-order valence-electron chi connectivity index (χ4n) is 2.70. The molecule has 1 aliphatic heterocycles. The highest BCUT2D eigenvalue weighted by Gasteiger charge is 2.24. The van der Waals surface area contributed by atoms with Gasteiger partial charge in [0.05, 0.1) is 6.61 Å². The van der Waals surface area contributed by atoms with E-state index in [9.17, 15) is 4.79 Å². The van der Waals surface area contributed by atoms with Crippen molar-refractivity contribution >= 4 is 5.91 Å². The lowest BCUT2D eigenvalue weighted by Crippen LogP contribution is -2.42. The standard InChI is InChI=1S/C16H24N2O2/c1-12-8-15(6-7-17-12)16(19)18-10-13-4-3-5-14(9-13)11-20-2/h3-5,9,12,15,17H,6-8,10-11H2,1-2H3,(H,18,19). The van der Waals surface area contributed by atoms with E-state index in [0.717, 1.165) is 30.5 Å². The van der Waals surface area contributed by atoms with Gasteiger partial charge >= 0.3 is 0 Å². The van der Waals surface area contributed by atoms with E-state index in [2.05, 4.69) is 23.6 Å². The molecule has 1 aromatic rings. The van der Waals surface area contributed by atoms with Crippen molar-refractivity contribution in [1.82, 2.24) is 10.6 Å². The quantitative estimate of drug-likeness (QED) is 0.863. The number of amides is 1. The van der Waals surface area contributed by atoms with Gasteiger partial charge in [-0.1, -0.05) is 24.3 Å². The first-order chi connectivity index (χ1) is 9.69. The minimum Gasteiger partial charge on any atom is -0.380 e. The van der Waals surface area contributed by atoms with Crippen molar-refractivity contribution in [2.75, 3.05) is 13.7 Å². The van der Waals surface area contributed by atoms with E-state index in [1.165, 1.54) is 0 Å². The van der Waals surface area contributed by atoms with Crippen LogP contribution in [0.2, 0.25) is 0 Å². The Morgan fingerprint density at radius 3 is 3.00 bits per heavy atom. The van der Waals surface area contributed by atoms with Crippen molar-refractivity contribution in [3.05, 3.63) is 35.4 Å². The zero-order valence-corrected chi connectivity index (χ0v) is 12.3. The molecule has 2 atom stereocenters. The Labute approximate surface area is 120 Å². The third kappa shape index (κ3) is 4.32. The number of rotatable bonds is 5. The molecule has 0 aromatic heterocycles. The van der Waals surface area contributed by atoms with Crippen LogP contribution in [-0.2, 0) is 22.7 Å². The van der Waals surface area contributed by atoms with Crippen LogP contribution in [0.25, 0.3) is 0 Å². The number of carbonyl (C=O) groups excluding carboxylic acids is 1. The van der Waals surface area contributed by atoms with Crippen LogP contribution in [0.15, 0.2) is 24.3 Å². The second kappa shape index (κ2) is 7.41. The Hall–Kier alpha value is -1.39. The molecule has 1 amide bonds. The van der Waals surface area contributed by atoms with Crippen molar-refractivity contribution in [3.63, 3.8) is 0 Å². The average Bonchev–Trinajstić information content (AvgIpc) is 2.45. The fourth-order valence-corrected chi connectivity index (χ4v) is 2.70. The van der Waals surface area contributed by atoms with Crippen LogP contribution in [0.5, 0.6) is 0 Å². The van der Waals surface area contributed by atoms with E-state index >= 15 is 0 Å². The molecule has 0 spiro atoms. The zero-order chi connectivity index (χ0) is 14.4. The minimum atomic E-state index is 0.147. The lowest BCUT2D eigenvalue weighted by molar-refractivity contribution is -0.126. The summed E-state index contributed by atoms with van der Waals surface area (Å²) < 4.78 is 5.12. The molecule has 20 heavy (non-hydrogen) atoms. The molecule has 0 aliphatic carbocycles. The highest BCUT2D eigenvalue weighted by Crippen LogP contribution is 2.16. The van der Waals surface area contributed by atoms with Crippen LogP contribution < -0.4 is 10.6 Å². The van der Waals surface area contributed by atoms with E-state index in [-0.39, 0.29) is 11.8 Å². The first-order valence-electron chi connectivity index (χ1n) is 7.27. The number of benzene rings is 1. The molecule has 1 aliphatic rings. The van der Waals surface area contributed by atoms with Gasteiger partial charge in [0.15, 0.2) is 0 Å². The molecule has 4 nitrogen and oxygen atoms in total. The van der Waals surface area contributed by atoms with E-state index in [1.807, 2.05) is 18.2 Å². The molecule has 1 saturated heterocycles. The van der Waals surface area contributed by atoms with Crippen LogP contribution in [-0.4, -0.2) is 25.6 Å². The predicted molar refractivity (Wildman–Crippen MR) is 79.2 cm³/mol. The molecule has 2 N–H and O–H groups in total. The van der Waals surface area contributed by atoms with Gasteiger partial charge in [-0.25, -0.2) is 0 Å². The molecular weight excluding hydrogens is 252 g/mol. The van der Waals surface area contributed by atoms with Crippen molar-refractivity contribution in [2.24, 2.45) is 5.92 Å². The van der Waals surface area contributed by atoms with Gasteiger partial charge in [-0.15, -0.1) is 0 Å². The van der Waals surface area contributed by atoms with Gasteiger partial charge in [-0.2, -0.15) is 0 Å². The maximum Gasteiger partial charge on any atom is 0.223 e. The number of piperidine rings is 1. The summed E-state index contributed by atoms with van der Waals surface area (Å²) >= 11 is 0. The second-order valence-corrected chi connectivity index (χ2v) is 5.55. The first kappa shape index (κ1) is 15.0. The Morgan fingerprint density at radius 1 is 1.45 bits per heavy atom. The summed E-state index contributed by atoms with van der Waals surface area (Å²) in [5, 5.41) is 6.42.